The minimum Gasteiger partial charge on any atom is -0.394 e. The Balaban J connectivity index is 0. The van der Waals surface area contributed by atoms with E-state index < -0.39 is 0 Å². The van der Waals surface area contributed by atoms with Gasteiger partial charge in [-0.1, -0.05) is 61.7 Å². The van der Waals surface area contributed by atoms with Crippen molar-refractivity contribution in [1.82, 2.24) is 0 Å². The summed E-state index contributed by atoms with van der Waals surface area (Å²) in [6.45, 7) is 16.5. The first-order valence-electron chi connectivity index (χ1n) is 7.77. The predicted octanol–water partition coefficient (Wildman–Crippen LogP) is 5.45. The molecule has 0 amide bonds. The molecule has 0 rings (SSSR count). The average molecular weight is 403 g/mol. The molecule has 23 heavy (non-hydrogen) atoms. The lowest BCUT2D eigenvalue weighted by atomic mass is 10.2. The third kappa shape index (κ3) is 15.9. The van der Waals surface area contributed by atoms with Crippen LogP contribution in [0.4, 0.5) is 0 Å². The Kier molecular flexibility index (Phi) is 18.7. The molecule has 0 aromatic rings. The third-order valence-electron chi connectivity index (χ3n) is 2.67. The number of allylic oxidation sites excluding steroid dienone is 2. The van der Waals surface area contributed by atoms with Crippen molar-refractivity contribution in [1.29, 1.82) is 0 Å². The monoisotopic (exact) mass is 402 g/mol. The van der Waals surface area contributed by atoms with Crippen LogP contribution in [0.1, 0.15) is 33.1 Å². The lowest BCUT2D eigenvalue weighted by molar-refractivity contribution is 0.154. The molecule has 5 heteroatoms. The smallest absolute Gasteiger partial charge is 0.0727 e. The van der Waals surface area contributed by atoms with Crippen LogP contribution in [-0.2, 0) is 4.74 Å². The van der Waals surface area contributed by atoms with E-state index in [0.717, 1.165) is 47.4 Å². The van der Waals surface area contributed by atoms with Crippen LogP contribution in [0, 0.1) is 0 Å². The highest BCUT2D eigenvalue weighted by Crippen LogP contribution is 2.15. The van der Waals surface area contributed by atoms with Gasteiger partial charge >= 0.3 is 0 Å². The normalized spacial score (nSPS) is 11.5. The van der Waals surface area contributed by atoms with Crippen LogP contribution in [-0.4, -0.2) is 31.7 Å². The van der Waals surface area contributed by atoms with E-state index in [9.17, 15) is 0 Å². The zero-order chi connectivity index (χ0) is 18.1. The van der Waals surface area contributed by atoms with E-state index in [1.807, 2.05) is 27.0 Å². The van der Waals surface area contributed by atoms with Gasteiger partial charge in [0.1, 0.15) is 0 Å². The Morgan fingerprint density at radius 2 is 1.96 bits per heavy atom. The summed E-state index contributed by atoms with van der Waals surface area (Å²) in [7, 11) is 1.82. The molecule has 0 saturated heterocycles. The van der Waals surface area contributed by atoms with Crippen LogP contribution in [0.3, 0.4) is 0 Å². The molecule has 0 aliphatic carbocycles. The standard InChI is InChI=1S/C16H25BrN2OS.C2H6/c1-5-8-15(13(2)17)11-20-10-7-6-9-16(19-4)12-21-14(3)18;1-2/h5,8H,1-3,6-7,9-12,18H2,4H3;1-2H3/b15-8-,19-16?;. The second-order valence-electron chi connectivity index (χ2n) is 4.39. The number of nitrogens with two attached hydrogens (primary N) is 1. The molecule has 0 radical (unpaired) electrons. The number of aliphatic imine (C=N–C) groups is 1. The molecular formula is C18H31BrN2OS. The highest BCUT2D eigenvalue weighted by atomic mass is 79.9. The van der Waals surface area contributed by atoms with Gasteiger partial charge in [-0.25, -0.2) is 0 Å². The van der Waals surface area contributed by atoms with Gasteiger partial charge in [0.2, 0.25) is 0 Å². The van der Waals surface area contributed by atoms with Crippen LogP contribution < -0.4 is 5.73 Å². The molecule has 0 aliphatic heterocycles. The number of rotatable bonds is 12. The van der Waals surface area contributed by atoms with E-state index in [4.69, 9.17) is 10.5 Å². The van der Waals surface area contributed by atoms with Crippen molar-refractivity contribution >= 4 is 33.4 Å². The predicted molar refractivity (Wildman–Crippen MR) is 112 cm³/mol. The summed E-state index contributed by atoms with van der Waals surface area (Å²) in [6.07, 6.45) is 6.66. The van der Waals surface area contributed by atoms with Crippen molar-refractivity contribution in [2.45, 2.75) is 33.1 Å². The van der Waals surface area contributed by atoms with Crippen LogP contribution in [0.5, 0.6) is 0 Å². The van der Waals surface area contributed by atoms with Gasteiger partial charge in [0.15, 0.2) is 0 Å². The maximum absolute atomic E-state index is 5.64. The average Bonchev–Trinajstić information content (AvgIpc) is 2.53. The zero-order valence-corrected chi connectivity index (χ0v) is 17.1. The van der Waals surface area contributed by atoms with Crippen molar-refractivity contribution in [2.75, 3.05) is 26.0 Å². The van der Waals surface area contributed by atoms with E-state index in [0.29, 0.717) is 11.6 Å². The van der Waals surface area contributed by atoms with Gasteiger partial charge in [-0.2, -0.15) is 0 Å². The number of nitrogens with zero attached hydrogens (tertiary/aromatic N) is 1. The molecule has 0 aromatic carbocycles. The van der Waals surface area contributed by atoms with Gasteiger partial charge < -0.3 is 10.5 Å². The van der Waals surface area contributed by atoms with Crippen molar-refractivity contribution in [3.63, 3.8) is 0 Å². The van der Waals surface area contributed by atoms with Crippen molar-refractivity contribution in [2.24, 2.45) is 10.7 Å². The molecule has 0 spiro atoms. The molecule has 0 heterocycles. The van der Waals surface area contributed by atoms with E-state index in [1.165, 1.54) is 11.8 Å². The van der Waals surface area contributed by atoms with Crippen LogP contribution in [0.15, 0.2) is 52.0 Å². The van der Waals surface area contributed by atoms with Gasteiger partial charge in [-0.3, -0.25) is 4.99 Å². The van der Waals surface area contributed by atoms with Gasteiger partial charge in [0.05, 0.1) is 11.6 Å². The zero-order valence-electron chi connectivity index (χ0n) is 14.7. The fraction of sp³-hybridized carbons (Fsp3) is 0.500. The topological polar surface area (TPSA) is 47.6 Å². The first kappa shape index (κ1) is 24.5. The van der Waals surface area contributed by atoms with Crippen LogP contribution in [0.2, 0.25) is 0 Å². The Morgan fingerprint density at radius 1 is 1.30 bits per heavy atom. The molecule has 0 fully saturated rings. The maximum Gasteiger partial charge on any atom is 0.0727 e. The Morgan fingerprint density at radius 3 is 2.43 bits per heavy atom. The van der Waals surface area contributed by atoms with E-state index >= 15 is 0 Å². The van der Waals surface area contributed by atoms with Crippen LogP contribution >= 0.6 is 27.7 Å². The molecule has 0 aliphatic rings. The quantitative estimate of drug-likeness (QED) is 0.268. The Labute approximate surface area is 155 Å². The Bertz CT molecular complexity index is 417. The summed E-state index contributed by atoms with van der Waals surface area (Å²) >= 11 is 4.89. The highest BCUT2D eigenvalue weighted by molar-refractivity contribution is 9.11. The number of hydrogen-bond donors (Lipinski definition) is 1. The summed E-state index contributed by atoms with van der Waals surface area (Å²) in [5, 5.41) is 0.635. The van der Waals surface area contributed by atoms with E-state index in [-0.39, 0.29) is 0 Å². The minimum absolute atomic E-state index is 0.549. The summed E-state index contributed by atoms with van der Waals surface area (Å²) in [5.74, 6) is 0.822. The second kappa shape index (κ2) is 17.6. The number of unbranched alkanes of at least 4 members (excludes halogenated alkanes) is 1. The maximum atomic E-state index is 5.64. The van der Waals surface area contributed by atoms with Gasteiger partial charge in [0, 0.05) is 29.6 Å². The molecule has 0 bridgehead atoms. The SMILES string of the molecule is C=C/C=C(/COCCCCC(CSC(=C)N)=NC)C(=C)Br.CC. The highest BCUT2D eigenvalue weighted by Gasteiger charge is 2.02. The summed E-state index contributed by atoms with van der Waals surface area (Å²) in [6, 6.07) is 0. The van der Waals surface area contributed by atoms with Crippen molar-refractivity contribution in [3.8, 4) is 0 Å². The fourth-order valence-electron chi connectivity index (χ4n) is 1.50. The molecular weight excluding hydrogens is 372 g/mol. The molecule has 0 unspecified atom stereocenters. The van der Waals surface area contributed by atoms with E-state index in [1.54, 1.807) is 6.08 Å². The van der Waals surface area contributed by atoms with Crippen molar-refractivity contribution < 1.29 is 4.74 Å². The number of ether oxygens (including phenoxy) is 1. The molecule has 0 atom stereocenters. The summed E-state index contributed by atoms with van der Waals surface area (Å²) < 4.78 is 6.47. The minimum atomic E-state index is 0.549. The molecule has 3 nitrogen and oxygen atoms in total. The molecule has 0 saturated carbocycles. The largest absolute Gasteiger partial charge is 0.394 e. The lowest BCUT2D eigenvalue weighted by Crippen LogP contribution is -2.06. The van der Waals surface area contributed by atoms with E-state index in [2.05, 4.69) is 40.7 Å². The molecule has 132 valence electrons. The molecule has 0 aromatic heterocycles. The number of halogens is 1. The third-order valence-corrected chi connectivity index (χ3v) is 4.03. The van der Waals surface area contributed by atoms with Gasteiger partial charge in [-0.05, 0) is 24.8 Å². The lowest BCUT2D eigenvalue weighted by Gasteiger charge is -2.08. The molecule has 2 N–H and O–H groups in total. The summed E-state index contributed by atoms with van der Waals surface area (Å²) in [5.41, 5.74) is 7.71. The Hall–Kier alpha value is -0.780. The van der Waals surface area contributed by atoms with Crippen LogP contribution in [0.25, 0.3) is 0 Å². The fourth-order valence-corrected chi connectivity index (χ4v) is 2.37. The first-order chi connectivity index (χ1) is 11.0. The first-order valence-corrected chi connectivity index (χ1v) is 9.55. The second-order valence-corrected chi connectivity index (χ2v) is 6.45. The van der Waals surface area contributed by atoms with Crippen molar-refractivity contribution in [3.05, 3.63) is 47.0 Å². The van der Waals surface area contributed by atoms with Gasteiger partial charge in [0.25, 0.3) is 0 Å². The number of thioether (sulfide) groups is 1. The number of hydrogen-bond acceptors (Lipinski definition) is 4. The van der Waals surface area contributed by atoms with Gasteiger partial charge in [-0.15, -0.1) is 11.8 Å². The summed E-state index contributed by atoms with van der Waals surface area (Å²) in [4.78, 5) is 4.27.